The lowest BCUT2D eigenvalue weighted by Gasteiger charge is -2.06. The van der Waals surface area contributed by atoms with Crippen LogP contribution in [0, 0.1) is 10.1 Å². The fourth-order valence-corrected chi connectivity index (χ4v) is 1.64. The quantitative estimate of drug-likeness (QED) is 0.453. The lowest BCUT2D eigenvalue weighted by molar-refractivity contribution is -0.385. The molecule has 0 bridgehead atoms. The van der Waals surface area contributed by atoms with Gasteiger partial charge in [0.2, 0.25) is 0 Å². The predicted octanol–water partition coefficient (Wildman–Crippen LogP) is 3.93. The summed E-state index contributed by atoms with van der Waals surface area (Å²) in [5, 5.41) is 10.8. The number of nitro benzene ring substituents is 1. The molecule has 0 radical (unpaired) electrons. The van der Waals surface area contributed by atoms with E-state index >= 15 is 0 Å². The van der Waals surface area contributed by atoms with Crippen LogP contribution in [0.4, 0.5) is 5.69 Å². The molecule has 0 aliphatic rings. The maximum Gasteiger partial charge on any atom is 0.312 e. The van der Waals surface area contributed by atoms with Crippen molar-refractivity contribution >= 4 is 21.6 Å². The molecule has 0 saturated carbocycles. The van der Waals surface area contributed by atoms with E-state index < -0.39 is 4.92 Å². The highest BCUT2D eigenvalue weighted by molar-refractivity contribution is 9.10. The summed E-state index contributed by atoms with van der Waals surface area (Å²) < 4.78 is 6.07. The monoisotopic (exact) mass is 287 g/mol. The molecular formula is C11H14BrNO3. The minimum atomic E-state index is -0.431. The fraction of sp³-hybridized carbons (Fsp3) is 0.455. The van der Waals surface area contributed by atoms with E-state index in [0.29, 0.717) is 16.8 Å². The van der Waals surface area contributed by atoms with Crippen molar-refractivity contribution in [1.29, 1.82) is 0 Å². The average Bonchev–Trinajstić information content (AvgIpc) is 2.26. The van der Waals surface area contributed by atoms with Crippen LogP contribution in [-0.2, 0) is 0 Å². The Morgan fingerprint density at radius 3 is 2.81 bits per heavy atom. The lowest BCUT2D eigenvalue weighted by atomic mass is 10.2. The largest absolute Gasteiger partial charge is 0.487 e. The predicted molar refractivity (Wildman–Crippen MR) is 65.8 cm³/mol. The zero-order chi connectivity index (χ0) is 12.0. The Morgan fingerprint density at radius 2 is 2.19 bits per heavy atom. The fourth-order valence-electron chi connectivity index (χ4n) is 1.29. The zero-order valence-corrected chi connectivity index (χ0v) is 10.7. The topological polar surface area (TPSA) is 52.4 Å². The molecule has 0 N–H and O–H groups in total. The number of benzene rings is 1. The Hall–Kier alpha value is -1.10. The molecule has 1 aromatic carbocycles. The Balaban J connectivity index is 2.67. The molecule has 5 heteroatoms. The van der Waals surface area contributed by atoms with Gasteiger partial charge in [-0.05, 0) is 18.6 Å². The first kappa shape index (κ1) is 13.0. The van der Waals surface area contributed by atoms with Gasteiger partial charge in [0.25, 0.3) is 0 Å². The van der Waals surface area contributed by atoms with Crippen LogP contribution >= 0.6 is 15.9 Å². The molecule has 0 spiro atoms. The van der Waals surface area contributed by atoms with Crippen molar-refractivity contribution in [3.63, 3.8) is 0 Å². The van der Waals surface area contributed by atoms with Gasteiger partial charge in [-0.1, -0.05) is 35.7 Å². The molecule has 0 amide bonds. The number of rotatable bonds is 6. The molecule has 0 saturated heterocycles. The van der Waals surface area contributed by atoms with Crippen molar-refractivity contribution < 1.29 is 9.66 Å². The van der Waals surface area contributed by atoms with Crippen LogP contribution in [0.3, 0.4) is 0 Å². The molecule has 0 aromatic heterocycles. The molecular weight excluding hydrogens is 274 g/mol. The number of nitrogens with zero attached hydrogens (tertiary/aromatic N) is 1. The van der Waals surface area contributed by atoms with E-state index in [2.05, 4.69) is 22.9 Å². The van der Waals surface area contributed by atoms with Crippen molar-refractivity contribution in [3.8, 4) is 5.75 Å². The van der Waals surface area contributed by atoms with Gasteiger partial charge < -0.3 is 4.74 Å². The number of unbranched alkanes of at least 4 members (excludes halogenated alkanes) is 2. The van der Waals surface area contributed by atoms with Crippen LogP contribution < -0.4 is 4.74 Å². The third-order valence-corrected chi connectivity index (χ3v) is 2.62. The van der Waals surface area contributed by atoms with Crippen molar-refractivity contribution in [2.45, 2.75) is 26.2 Å². The number of hydrogen-bond donors (Lipinski definition) is 0. The first-order chi connectivity index (χ1) is 7.65. The van der Waals surface area contributed by atoms with Gasteiger partial charge in [-0.2, -0.15) is 0 Å². The highest BCUT2D eigenvalue weighted by Gasteiger charge is 2.14. The maximum absolute atomic E-state index is 10.8. The zero-order valence-electron chi connectivity index (χ0n) is 9.11. The molecule has 88 valence electrons. The summed E-state index contributed by atoms with van der Waals surface area (Å²) in [4.78, 5) is 10.3. The van der Waals surface area contributed by atoms with Crippen molar-refractivity contribution in [1.82, 2.24) is 0 Å². The van der Waals surface area contributed by atoms with Crippen molar-refractivity contribution in [2.75, 3.05) is 6.61 Å². The summed E-state index contributed by atoms with van der Waals surface area (Å²) in [5.74, 6) is 0.337. The van der Waals surface area contributed by atoms with Gasteiger partial charge in [-0.25, -0.2) is 0 Å². The van der Waals surface area contributed by atoms with Crippen molar-refractivity contribution in [3.05, 3.63) is 32.8 Å². The SMILES string of the molecule is CCCCCOc1ccc(Br)cc1[N+](=O)[O-]. The van der Waals surface area contributed by atoms with Gasteiger partial charge in [-0.3, -0.25) is 10.1 Å². The minimum absolute atomic E-state index is 0.00544. The second kappa shape index (κ2) is 6.48. The molecule has 16 heavy (non-hydrogen) atoms. The number of ether oxygens (including phenoxy) is 1. The van der Waals surface area contributed by atoms with E-state index in [1.807, 2.05) is 0 Å². The average molecular weight is 288 g/mol. The minimum Gasteiger partial charge on any atom is -0.487 e. The third kappa shape index (κ3) is 3.81. The Bertz CT molecular complexity index is 368. The van der Waals surface area contributed by atoms with Crippen molar-refractivity contribution in [2.24, 2.45) is 0 Å². The molecule has 0 aliphatic heterocycles. The van der Waals surface area contributed by atoms with Gasteiger partial charge in [0.05, 0.1) is 11.5 Å². The number of halogens is 1. The van der Waals surface area contributed by atoms with E-state index in [9.17, 15) is 10.1 Å². The van der Waals surface area contributed by atoms with Gasteiger partial charge in [-0.15, -0.1) is 0 Å². The molecule has 0 atom stereocenters. The second-order valence-electron chi connectivity index (χ2n) is 3.42. The third-order valence-electron chi connectivity index (χ3n) is 2.12. The maximum atomic E-state index is 10.8. The van der Waals surface area contributed by atoms with Crippen LogP contribution in [0.15, 0.2) is 22.7 Å². The van der Waals surface area contributed by atoms with E-state index in [1.54, 1.807) is 12.1 Å². The highest BCUT2D eigenvalue weighted by atomic mass is 79.9. The van der Waals surface area contributed by atoms with E-state index in [-0.39, 0.29) is 5.69 Å². The molecule has 1 rings (SSSR count). The van der Waals surface area contributed by atoms with E-state index in [4.69, 9.17) is 4.74 Å². The summed E-state index contributed by atoms with van der Waals surface area (Å²) in [6, 6.07) is 4.81. The summed E-state index contributed by atoms with van der Waals surface area (Å²) >= 11 is 3.20. The van der Waals surface area contributed by atoms with E-state index in [1.165, 1.54) is 6.07 Å². The molecule has 0 fully saturated rings. The van der Waals surface area contributed by atoms with Crippen LogP contribution in [0.2, 0.25) is 0 Å². The Labute approximate surface area is 103 Å². The second-order valence-corrected chi connectivity index (χ2v) is 4.34. The standard InChI is InChI=1S/C11H14BrNO3/c1-2-3-4-7-16-11-6-5-9(12)8-10(11)13(14)15/h5-6,8H,2-4,7H2,1H3. The molecule has 0 unspecified atom stereocenters. The van der Waals surface area contributed by atoms with Crippen LogP contribution in [0.5, 0.6) is 5.75 Å². The molecule has 0 aliphatic carbocycles. The first-order valence-corrected chi connectivity index (χ1v) is 6.01. The molecule has 4 nitrogen and oxygen atoms in total. The van der Waals surface area contributed by atoms with Gasteiger partial charge in [0, 0.05) is 10.5 Å². The summed E-state index contributed by atoms with van der Waals surface area (Å²) in [5.41, 5.74) is 0.00544. The van der Waals surface area contributed by atoms with Crippen LogP contribution in [0.25, 0.3) is 0 Å². The van der Waals surface area contributed by atoms with E-state index in [0.717, 1.165) is 19.3 Å². The summed E-state index contributed by atoms with van der Waals surface area (Å²) in [7, 11) is 0. The molecule has 1 aromatic rings. The Morgan fingerprint density at radius 1 is 1.44 bits per heavy atom. The highest BCUT2D eigenvalue weighted by Crippen LogP contribution is 2.30. The van der Waals surface area contributed by atoms with Crippen LogP contribution in [0.1, 0.15) is 26.2 Å². The first-order valence-electron chi connectivity index (χ1n) is 5.22. The Kier molecular flexibility index (Phi) is 5.25. The molecule has 0 heterocycles. The van der Waals surface area contributed by atoms with Gasteiger partial charge in [0.1, 0.15) is 0 Å². The summed E-state index contributed by atoms with van der Waals surface area (Å²) in [6.45, 7) is 2.62. The lowest BCUT2D eigenvalue weighted by Crippen LogP contribution is -2.00. The number of nitro groups is 1. The number of hydrogen-bond acceptors (Lipinski definition) is 3. The normalized spacial score (nSPS) is 10.1. The van der Waals surface area contributed by atoms with Gasteiger partial charge in [0.15, 0.2) is 5.75 Å². The summed E-state index contributed by atoms with van der Waals surface area (Å²) in [6.07, 6.45) is 3.10. The smallest absolute Gasteiger partial charge is 0.312 e. The van der Waals surface area contributed by atoms with Crippen LogP contribution in [-0.4, -0.2) is 11.5 Å². The van der Waals surface area contributed by atoms with Gasteiger partial charge >= 0.3 is 5.69 Å².